The van der Waals surface area contributed by atoms with E-state index < -0.39 is 24.0 Å². The van der Waals surface area contributed by atoms with E-state index in [1.165, 1.54) is 4.57 Å². The van der Waals surface area contributed by atoms with Crippen molar-refractivity contribution in [1.29, 1.82) is 0 Å². The largest absolute Gasteiger partial charge is 0.482 e. The first-order valence-electron chi connectivity index (χ1n) is 8.63. The first kappa shape index (κ1) is 22.8. The summed E-state index contributed by atoms with van der Waals surface area (Å²) in [5.41, 5.74) is 1.81. The number of nitrogens with zero attached hydrogens (tertiary/aromatic N) is 2. The Labute approximate surface area is 193 Å². The maximum absolute atomic E-state index is 11.2. The fourth-order valence-electron chi connectivity index (χ4n) is 3.08. The van der Waals surface area contributed by atoms with Gasteiger partial charge in [-0.1, -0.05) is 36.4 Å². The van der Waals surface area contributed by atoms with Crippen LogP contribution in [0, 0.1) is 13.8 Å². The summed E-state index contributed by atoms with van der Waals surface area (Å²) in [5, 5.41) is 19.8. The maximum atomic E-state index is 11.2. The van der Waals surface area contributed by atoms with E-state index in [4.69, 9.17) is 5.11 Å². The van der Waals surface area contributed by atoms with Crippen LogP contribution in [0.1, 0.15) is 12.1 Å². The normalized spacial score (nSPS) is 12.5. The fraction of sp³-hybridized carbons (Fsp3) is 0.0909. The zero-order valence-corrected chi connectivity index (χ0v) is 18.5. The van der Waals surface area contributed by atoms with Gasteiger partial charge in [0.15, 0.2) is 0 Å². The Morgan fingerprint density at radius 3 is 1.55 bits per heavy atom. The zero-order chi connectivity index (χ0) is 20.3. The van der Waals surface area contributed by atoms with Crippen LogP contribution in [-0.4, -0.2) is 31.3 Å². The molecule has 0 spiro atoms. The molecule has 6 nitrogen and oxygen atoms in total. The summed E-state index contributed by atoms with van der Waals surface area (Å²) in [6.07, 6.45) is 3.34. The van der Waals surface area contributed by atoms with Gasteiger partial charge in [-0.05, 0) is 24.3 Å². The van der Waals surface area contributed by atoms with E-state index in [2.05, 4.69) is 13.8 Å². The summed E-state index contributed by atoms with van der Waals surface area (Å²) in [5.74, 6) is -1.85. The first-order chi connectivity index (χ1) is 13.4. The molecule has 0 bridgehead atoms. The molecule has 0 aliphatic heterocycles. The summed E-state index contributed by atoms with van der Waals surface area (Å²) >= 11 is 0. The molecule has 147 valence electrons. The number of aromatic nitrogens is 2. The molecule has 4 aromatic rings. The second-order valence-corrected chi connectivity index (χ2v) is 6.24. The van der Waals surface area contributed by atoms with Gasteiger partial charge in [-0.15, -0.1) is 0 Å². The quantitative estimate of drug-likeness (QED) is 0.443. The molecule has 0 saturated carbocycles. The molecule has 0 aliphatic rings. The molecular formula is C22H20N2O4Y-2. The molecule has 0 aliphatic carbocycles. The molecule has 2 aromatic carbocycles. The van der Waals surface area contributed by atoms with Gasteiger partial charge in [0.25, 0.3) is 11.9 Å². The van der Waals surface area contributed by atoms with E-state index in [0.29, 0.717) is 0 Å². The molecule has 2 heterocycles. The number of rotatable bonds is 4. The molecule has 4 rings (SSSR count). The van der Waals surface area contributed by atoms with Crippen LogP contribution in [0.2, 0.25) is 0 Å². The van der Waals surface area contributed by atoms with Crippen LogP contribution in [0.25, 0.3) is 21.8 Å². The summed E-state index contributed by atoms with van der Waals surface area (Å²) in [6, 6.07) is 17.6. The van der Waals surface area contributed by atoms with Crippen molar-refractivity contribution in [1.82, 2.24) is 9.13 Å². The summed E-state index contributed by atoms with van der Waals surface area (Å²) in [7, 11) is 0. The van der Waals surface area contributed by atoms with Gasteiger partial charge in [-0.25, -0.2) is 0 Å². The third-order valence-electron chi connectivity index (χ3n) is 4.49. The fourth-order valence-corrected chi connectivity index (χ4v) is 3.08. The first-order valence-corrected chi connectivity index (χ1v) is 8.63. The van der Waals surface area contributed by atoms with Crippen molar-refractivity contribution in [3.05, 3.63) is 86.9 Å². The van der Waals surface area contributed by atoms with Crippen molar-refractivity contribution in [2.75, 3.05) is 0 Å². The number of benzene rings is 2. The summed E-state index contributed by atoms with van der Waals surface area (Å²) in [6.45, 7) is 7.19. The van der Waals surface area contributed by atoms with E-state index in [9.17, 15) is 14.7 Å². The minimum atomic E-state index is -0.929. The van der Waals surface area contributed by atoms with Gasteiger partial charge >= 0.3 is 0 Å². The van der Waals surface area contributed by atoms with Gasteiger partial charge in [0.2, 0.25) is 0 Å². The molecular weight excluding hydrogens is 445 g/mol. The SMILES string of the molecule is [CH2-][C@@H](C(=O)O)n1c2ccccc2c2ccccc21.[CH2-][C@@H](C(=O)O)n1cccc1.[Y]. The molecule has 2 atom stereocenters. The average Bonchev–Trinajstić information content (AvgIpc) is 3.33. The van der Waals surface area contributed by atoms with Crippen LogP contribution in [0.5, 0.6) is 0 Å². The summed E-state index contributed by atoms with van der Waals surface area (Å²) < 4.78 is 3.30. The van der Waals surface area contributed by atoms with Crippen LogP contribution in [-0.2, 0) is 42.3 Å². The van der Waals surface area contributed by atoms with E-state index in [1.807, 2.05) is 48.5 Å². The van der Waals surface area contributed by atoms with Gasteiger partial charge in [0, 0.05) is 79.0 Å². The Kier molecular flexibility index (Phi) is 7.76. The van der Waals surface area contributed by atoms with Crippen molar-refractivity contribution in [3.63, 3.8) is 0 Å². The van der Waals surface area contributed by atoms with Gasteiger partial charge in [-0.2, -0.15) is 0 Å². The predicted molar refractivity (Wildman–Crippen MR) is 108 cm³/mol. The molecule has 2 aromatic heterocycles. The molecule has 2 N–H and O–H groups in total. The van der Waals surface area contributed by atoms with Gasteiger partial charge < -0.3 is 33.2 Å². The van der Waals surface area contributed by atoms with E-state index in [1.54, 1.807) is 29.1 Å². The average molecular weight is 465 g/mol. The number of para-hydroxylation sites is 2. The molecule has 0 amide bonds. The molecule has 7 heteroatoms. The van der Waals surface area contributed by atoms with Crippen LogP contribution in [0.3, 0.4) is 0 Å². The van der Waals surface area contributed by atoms with Crippen molar-refractivity contribution < 1.29 is 52.5 Å². The molecule has 0 saturated heterocycles. The Morgan fingerprint density at radius 1 is 0.724 bits per heavy atom. The standard InChI is InChI=1S/C15H12NO2.C7H8NO2.Y/c1-10(15(17)18)16-13-8-4-2-6-11(13)12-7-3-5-9-14(12)16;1-6(7(9)10)8-4-2-3-5-8;/h2-10H,1H2,(H,17,18);2-6H,1H2,(H,9,10);/q2*-1;/t10-;6-;/m00./s1. The van der Waals surface area contributed by atoms with Gasteiger partial charge in [0.05, 0.1) is 0 Å². The smallest absolute Gasteiger partial charge is 0.295 e. The minimum absolute atomic E-state index is 0. The van der Waals surface area contributed by atoms with E-state index in [-0.39, 0.29) is 32.7 Å². The third kappa shape index (κ3) is 4.77. The zero-order valence-electron chi connectivity index (χ0n) is 15.7. The van der Waals surface area contributed by atoms with Gasteiger partial charge in [0.1, 0.15) is 0 Å². The number of carboxylic acids is 2. The second kappa shape index (κ2) is 9.85. The Morgan fingerprint density at radius 2 is 1.14 bits per heavy atom. The minimum Gasteiger partial charge on any atom is -0.482 e. The molecule has 0 fully saturated rings. The molecule has 1 radical (unpaired) electrons. The number of hydrogen-bond acceptors (Lipinski definition) is 2. The Balaban J connectivity index is 0.000000234. The van der Waals surface area contributed by atoms with Crippen molar-refractivity contribution in [3.8, 4) is 0 Å². The number of carbonyl (C=O) groups is 2. The molecule has 29 heavy (non-hydrogen) atoms. The van der Waals surface area contributed by atoms with Crippen molar-refractivity contribution in [2.45, 2.75) is 12.1 Å². The van der Waals surface area contributed by atoms with E-state index >= 15 is 0 Å². The van der Waals surface area contributed by atoms with E-state index in [0.717, 1.165) is 21.8 Å². The van der Waals surface area contributed by atoms with Crippen LogP contribution >= 0.6 is 0 Å². The number of carboxylic acid groups (broad SMARTS) is 2. The topological polar surface area (TPSA) is 84.5 Å². The molecule has 0 unspecified atom stereocenters. The van der Waals surface area contributed by atoms with Crippen LogP contribution in [0.15, 0.2) is 73.1 Å². The Hall–Kier alpha value is -2.44. The van der Waals surface area contributed by atoms with Crippen LogP contribution in [0.4, 0.5) is 0 Å². The number of fused-ring (bicyclic) bond motifs is 3. The number of aliphatic carboxylic acids is 2. The van der Waals surface area contributed by atoms with Crippen molar-refractivity contribution >= 4 is 33.7 Å². The van der Waals surface area contributed by atoms with Gasteiger partial charge in [-0.3, -0.25) is 9.59 Å². The van der Waals surface area contributed by atoms with Crippen LogP contribution < -0.4 is 0 Å². The third-order valence-corrected chi connectivity index (χ3v) is 4.49. The monoisotopic (exact) mass is 465 g/mol. The van der Waals surface area contributed by atoms with Crippen molar-refractivity contribution in [2.24, 2.45) is 0 Å². The maximum Gasteiger partial charge on any atom is 0.295 e. The Bertz CT molecular complexity index is 1070. The number of hydrogen-bond donors (Lipinski definition) is 2. The summed E-state index contributed by atoms with van der Waals surface area (Å²) in [4.78, 5) is 21.5. The predicted octanol–water partition coefficient (Wildman–Crippen LogP) is 4.20. The second-order valence-electron chi connectivity index (χ2n) is 6.24.